The van der Waals surface area contributed by atoms with Crippen LogP contribution in [0.2, 0.25) is 5.02 Å². The topological polar surface area (TPSA) is 66.5 Å². The molecule has 0 bridgehead atoms. The average molecular weight is 393 g/mol. The molecule has 1 heterocycles. The zero-order valence-electron chi connectivity index (χ0n) is 14.8. The van der Waals surface area contributed by atoms with Crippen molar-refractivity contribution >= 4 is 33.2 Å². The fraction of sp³-hybridized carbons (Fsp3) is 0.316. The van der Waals surface area contributed by atoms with Crippen LogP contribution in [-0.2, 0) is 10.0 Å². The molecule has 1 amide bonds. The number of amides is 1. The first kappa shape index (κ1) is 18.9. The minimum Gasteiger partial charge on any atom is -0.322 e. The van der Waals surface area contributed by atoms with Crippen LogP contribution in [0.1, 0.15) is 34.3 Å². The van der Waals surface area contributed by atoms with Crippen LogP contribution >= 0.6 is 11.6 Å². The Bertz CT molecular complexity index is 951. The van der Waals surface area contributed by atoms with Crippen molar-refractivity contribution in [1.82, 2.24) is 4.31 Å². The van der Waals surface area contributed by atoms with E-state index < -0.39 is 10.0 Å². The quantitative estimate of drug-likeness (QED) is 0.855. The van der Waals surface area contributed by atoms with Crippen LogP contribution in [-0.4, -0.2) is 31.7 Å². The number of aryl methyl sites for hydroxylation is 2. The molecule has 0 unspecified atom stereocenters. The molecule has 0 aromatic heterocycles. The number of nitrogens with one attached hydrogen (secondary N) is 1. The van der Waals surface area contributed by atoms with Crippen LogP contribution in [0, 0.1) is 13.8 Å². The summed E-state index contributed by atoms with van der Waals surface area (Å²) in [6.07, 6.45) is 1.74. The van der Waals surface area contributed by atoms with E-state index in [0.29, 0.717) is 29.4 Å². The third-order valence-corrected chi connectivity index (χ3v) is 6.72. The molecule has 1 aliphatic heterocycles. The normalized spacial score (nSPS) is 15.2. The van der Waals surface area contributed by atoms with Gasteiger partial charge in [0.2, 0.25) is 10.0 Å². The summed E-state index contributed by atoms with van der Waals surface area (Å²) < 4.78 is 27.0. The van der Waals surface area contributed by atoms with Crippen molar-refractivity contribution in [2.24, 2.45) is 0 Å². The number of benzene rings is 2. The number of sulfonamides is 1. The van der Waals surface area contributed by atoms with Gasteiger partial charge in [0.05, 0.1) is 4.90 Å². The van der Waals surface area contributed by atoms with Gasteiger partial charge in [-0.05, 0) is 68.1 Å². The first-order valence-corrected chi connectivity index (χ1v) is 10.3. The highest BCUT2D eigenvalue weighted by Gasteiger charge is 2.28. The molecule has 0 spiro atoms. The van der Waals surface area contributed by atoms with Crippen LogP contribution in [0.25, 0.3) is 0 Å². The number of carbonyl (C=O) groups excluding carboxylic acids is 1. The molecule has 1 N–H and O–H groups in total. The molecule has 1 aliphatic rings. The largest absolute Gasteiger partial charge is 0.322 e. The molecule has 0 atom stereocenters. The van der Waals surface area contributed by atoms with Crippen molar-refractivity contribution in [2.75, 3.05) is 18.4 Å². The lowest BCUT2D eigenvalue weighted by Gasteiger charge is -2.17. The molecule has 1 fully saturated rings. The van der Waals surface area contributed by atoms with E-state index in [-0.39, 0.29) is 10.8 Å². The van der Waals surface area contributed by atoms with Crippen molar-refractivity contribution in [3.05, 3.63) is 58.1 Å². The van der Waals surface area contributed by atoms with E-state index in [4.69, 9.17) is 11.6 Å². The van der Waals surface area contributed by atoms with Gasteiger partial charge < -0.3 is 5.32 Å². The van der Waals surface area contributed by atoms with E-state index in [1.165, 1.54) is 10.4 Å². The van der Waals surface area contributed by atoms with Gasteiger partial charge in [-0.1, -0.05) is 17.7 Å². The molecule has 1 saturated heterocycles. The van der Waals surface area contributed by atoms with Crippen LogP contribution in [0.5, 0.6) is 0 Å². The smallest absolute Gasteiger partial charge is 0.255 e. The molecular weight excluding hydrogens is 372 g/mol. The van der Waals surface area contributed by atoms with Crippen molar-refractivity contribution in [2.45, 2.75) is 31.6 Å². The zero-order valence-corrected chi connectivity index (χ0v) is 16.3. The molecule has 26 heavy (non-hydrogen) atoms. The predicted octanol–water partition coefficient (Wildman–Crippen LogP) is 3.99. The highest BCUT2D eigenvalue weighted by Crippen LogP contribution is 2.25. The molecule has 138 valence electrons. The standard InChI is InChI=1S/C19H21ClN2O3S/c1-13-5-7-16(26(24,25)22-9-3-4-10-22)12-17(13)19(23)21-18-8-6-15(20)11-14(18)2/h5-8,11-12H,3-4,9-10H2,1-2H3,(H,21,23). The van der Waals surface area contributed by atoms with E-state index in [1.807, 2.05) is 6.92 Å². The summed E-state index contributed by atoms with van der Waals surface area (Å²) in [5.41, 5.74) is 2.55. The number of carbonyl (C=O) groups is 1. The Morgan fingerprint density at radius 3 is 2.38 bits per heavy atom. The van der Waals surface area contributed by atoms with Gasteiger partial charge in [0.15, 0.2) is 0 Å². The Kier molecular flexibility index (Phi) is 5.37. The molecule has 2 aromatic carbocycles. The molecular formula is C19H21ClN2O3S. The van der Waals surface area contributed by atoms with Gasteiger partial charge in [-0.25, -0.2) is 8.42 Å². The lowest BCUT2D eigenvalue weighted by atomic mass is 10.1. The second kappa shape index (κ2) is 7.39. The molecule has 3 rings (SSSR count). The fourth-order valence-corrected chi connectivity index (χ4v) is 4.81. The van der Waals surface area contributed by atoms with Crippen molar-refractivity contribution in [3.63, 3.8) is 0 Å². The summed E-state index contributed by atoms with van der Waals surface area (Å²) in [5.74, 6) is -0.341. The lowest BCUT2D eigenvalue weighted by Crippen LogP contribution is -2.28. The average Bonchev–Trinajstić information content (AvgIpc) is 3.13. The fourth-order valence-electron chi connectivity index (χ4n) is 3.04. The highest BCUT2D eigenvalue weighted by molar-refractivity contribution is 7.89. The van der Waals surface area contributed by atoms with E-state index in [1.54, 1.807) is 37.3 Å². The number of hydrogen-bond donors (Lipinski definition) is 1. The number of halogens is 1. The third-order valence-electron chi connectivity index (χ3n) is 4.59. The van der Waals surface area contributed by atoms with Gasteiger partial charge in [0.25, 0.3) is 5.91 Å². The van der Waals surface area contributed by atoms with Gasteiger partial charge in [0.1, 0.15) is 0 Å². The van der Waals surface area contributed by atoms with Gasteiger partial charge in [-0.15, -0.1) is 0 Å². The Labute approximate surface area is 159 Å². The van der Waals surface area contributed by atoms with Gasteiger partial charge >= 0.3 is 0 Å². The maximum absolute atomic E-state index is 12.8. The Hall–Kier alpha value is -1.89. The van der Waals surface area contributed by atoms with Crippen molar-refractivity contribution in [3.8, 4) is 0 Å². The Balaban J connectivity index is 1.91. The SMILES string of the molecule is Cc1cc(Cl)ccc1NC(=O)c1cc(S(=O)(=O)N2CCCC2)ccc1C. The van der Waals surface area contributed by atoms with Crippen LogP contribution in [0.3, 0.4) is 0 Å². The van der Waals surface area contributed by atoms with E-state index in [2.05, 4.69) is 5.32 Å². The summed E-state index contributed by atoms with van der Waals surface area (Å²) in [6, 6.07) is 9.89. The monoisotopic (exact) mass is 392 g/mol. The van der Waals surface area contributed by atoms with Crippen molar-refractivity contribution in [1.29, 1.82) is 0 Å². The highest BCUT2D eigenvalue weighted by atomic mass is 35.5. The lowest BCUT2D eigenvalue weighted by molar-refractivity contribution is 0.102. The molecule has 0 radical (unpaired) electrons. The molecule has 0 saturated carbocycles. The summed E-state index contributed by atoms with van der Waals surface area (Å²) in [6.45, 7) is 4.70. The summed E-state index contributed by atoms with van der Waals surface area (Å²) >= 11 is 5.94. The second-order valence-electron chi connectivity index (χ2n) is 6.50. The third kappa shape index (κ3) is 3.77. The number of nitrogens with zero attached hydrogens (tertiary/aromatic N) is 1. The Morgan fingerprint density at radius 1 is 1.04 bits per heavy atom. The van der Waals surface area contributed by atoms with Crippen LogP contribution < -0.4 is 5.32 Å². The van der Waals surface area contributed by atoms with E-state index in [0.717, 1.165) is 24.0 Å². The minimum absolute atomic E-state index is 0.156. The summed E-state index contributed by atoms with van der Waals surface area (Å²) in [7, 11) is -3.56. The predicted molar refractivity (Wildman–Crippen MR) is 103 cm³/mol. The van der Waals surface area contributed by atoms with Gasteiger partial charge in [-0.3, -0.25) is 4.79 Å². The number of hydrogen-bond acceptors (Lipinski definition) is 3. The summed E-state index contributed by atoms with van der Waals surface area (Å²) in [4.78, 5) is 12.9. The van der Waals surface area contributed by atoms with E-state index in [9.17, 15) is 13.2 Å². The van der Waals surface area contributed by atoms with Crippen LogP contribution in [0.4, 0.5) is 5.69 Å². The first-order chi connectivity index (χ1) is 12.3. The number of anilines is 1. The number of rotatable bonds is 4. The molecule has 7 heteroatoms. The van der Waals surface area contributed by atoms with Crippen LogP contribution in [0.15, 0.2) is 41.3 Å². The molecule has 2 aromatic rings. The van der Waals surface area contributed by atoms with Gasteiger partial charge in [-0.2, -0.15) is 4.31 Å². The Morgan fingerprint density at radius 2 is 1.73 bits per heavy atom. The molecule has 0 aliphatic carbocycles. The van der Waals surface area contributed by atoms with E-state index >= 15 is 0 Å². The molecule has 5 nitrogen and oxygen atoms in total. The maximum Gasteiger partial charge on any atom is 0.255 e. The second-order valence-corrected chi connectivity index (χ2v) is 8.88. The summed E-state index contributed by atoms with van der Waals surface area (Å²) in [5, 5.41) is 3.43. The first-order valence-electron chi connectivity index (χ1n) is 8.47. The van der Waals surface area contributed by atoms with Gasteiger partial charge in [0, 0.05) is 29.4 Å². The zero-order chi connectivity index (χ0) is 18.9. The van der Waals surface area contributed by atoms with Crippen molar-refractivity contribution < 1.29 is 13.2 Å². The minimum atomic E-state index is -3.56. The maximum atomic E-state index is 12.8.